The van der Waals surface area contributed by atoms with Crippen molar-refractivity contribution in [2.45, 2.75) is 38.6 Å². The summed E-state index contributed by atoms with van der Waals surface area (Å²) in [5, 5.41) is 3.87. The number of carbonyl (C=O) groups is 1. The normalized spacial score (nSPS) is 18.7. The van der Waals surface area contributed by atoms with Crippen molar-refractivity contribution < 1.29 is 14.3 Å². The van der Waals surface area contributed by atoms with E-state index in [2.05, 4.69) is 15.1 Å². The summed E-state index contributed by atoms with van der Waals surface area (Å²) in [6, 6.07) is 11.7. The van der Waals surface area contributed by atoms with Crippen LogP contribution in [0.5, 0.6) is 17.4 Å². The molecule has 1 N–H and O–H groups in total. The monoisotopic (exact) mass is 477 g/mol. The zero-order valence-electron chi connectivity index (χ0n) is 19.3. The number of aromatic nitrogens is 2. The lowest BCUT2D eigenvalue weighted by molar-refractivity contribution is 0.0901. The number of rotatable bonds is 4. The van der Waals surface area contributed by atoms with E-state index in [-0.39, 0.29) is 11.4 Å². The Kier molecular flexibility index (Phi) is 5.09. The molecule has 3 aromatic rings. The number of hydrogen-bond donors (Lipinski definition) is 1. The predicted octanol–water partition coefficient (Wildman–Crippen LogP) is 4.53. The number of anilines is 3. The van der Waals surface area contributed by atoms with Crippen LogP contribution in [0.15, 0.2) is 36.4 Å². The first kappa shape index (κ1) is 21.2. The first-order chi connectivity index (χ1) is 16.4. The van der Waals surface area contributed by atoms with Gasteiger partial charge in [-0.2, -0.15) is 4.98 Å². The van der Waals surface area contributed by atoms with E-state index >= 15 is 0 Å². The van der Waals surface area contributed by atoms with Gasteiger partial charge in [-0.1, -0.05) is 17.4 Å². The van der Waals surface area contributed by atoms with Gasteiger partial charge in [0, 0.05) is 37.2 Å². The molecule has 6 rings (SSSR count). The highest BCUT2D eigenvalue weighted by atomic mass is 32.1. The number of amides is 1. The van der Waals surface area contributed by atoms with E-state index in [4.69, 9.17) is 19.4 Å². The van der Waals surface area contributed by atoms with Gasteiger partial charge in [-0.25, -0.2) is 4.98 Å². The minimum Gasteiger partial charge on any atom is -0.490 e. The second-order valence-electron chi connectivity index (χ2n) is 9.55. The molecule has 0 aliphatic carbocycles. The lowest BCUT2D eigenvalue weighted by atomic mass is 9.94. The van der Waals surface area contributed by atoms with Crippen LogP contribution in [0.1, 0.15) is 42.1 Å². The van der Waals surface area contributed by atoms with Crippen molar-refractivity contribution in [2.75, 3.05) is 36.0 Å². The van der Waals surface area contributed by atoms with Gasteiger partial charge in [-0.05, 0) is 44.9 Å². The average Bonchev–Trinajstić information content (AvgIpc) is 3.49. The maximum Gasteiger partial charge on any atom is 0.263 e. The molecule has 0 bridgehead atoms. The minimum atomic E-state index is -0.296. The SMILES string of the molecule is CC1(C)Cc2nc(N3CCOc4ccc(Oc5cccc(N6CCCC6)n5)cc43)sc2C(=O)N1. The number of thiazole rings is 1. The molecule has 1 amide bonds. The molecule has 1 aromatic carbocycles. The van der Waals surface area contributed by atoms with Gasteiger partial charge in [0.2, 0.25) is 5.88 Å². The molecule has 0 unspecified atom stereocenters. The molecule has 0 spiro atoms. The van der Waals surface area contributed by atoms with E-state index in [1.807, 2.05) is 50.2 Å². The highest BCUT2D eigenvalue weighted by Gasteiger charge is 2.35. The first-order valence-electron chi connectivity index (χ1n) is 11.7. The molecule has 3 aliphatic rings. The molecule has 34 heavy (non-hydrogen) atoms. The third-order valence-electron chi connectivity index (χ3n) is 6.34. The van der Waals surface area contributed by atoms with Crippen LogP contribution in [0.25, 0.3) is 0 Å². The predicted molar refractivity (Wildman–Crippen MR) is 132 cm³/mol. The summed E-state index contributed by atoms with van der Waals surface area (Å²) >= 11 is 1.43. The van der Waals surface area contributed by atoms with Crippen LogP contribution >= 0.6 is 11.3 Å². The van der Waals surface area contributed by atoms with Gasteiger partial charge < -0.3 is 24.6 Å². The Morgan fingerprint density at radius 3 is 2.82 bits per heavy atom. The fourth-order valence-corrected chi connectivity index (χ4v) is 5.76. The van der Waals surface area contributed by atoms with Gasteiger partial charge in [-0.15, -0.1) is 0 Å². The Bertz CT molecular complexity index is 1250. The van der Waals surface area contributed by atoms with E-state index in [1.165, 1.54) is 24.2 Å². The third-order valence-corrected chi connectivity index (χ3v) is 7.46. The fourth-order valence-electron chi connectivity index (χ4n) is 4.74. The Morgan fingerprint density at radius 1 is 1.12 bits per heavy atom. The molecule has 8 nitrogen and oxygen atoms in total. The summed E-state index contributed by atoms with van der Waals surface area (Å²) in [5.74, 6) is 2.92. The van der Waals surface area contributed by atoms with Crippen molar-refractivity contribution in [3.05, 3.63) is 47.0 Å². The number of fused-ring (bicyclic) bond motifs is 2. The number of benzene rings is 1. The van der Waals surface area contributed by atoms with Gasteiger partial charge in [-0.3, -0.25) is 4.79 Å². The molecular formula is C25H27N5O3S. The number of nitrogens with zero attached hydrogens (tertiary/aromatic N) is 4. The van der Waals surface area contributed by atoms with E-state index in [1.54, 1.807) is 0 Å². The Labute approximate surface area is 202 Å². The average molecular weight is 478 g/mol. The highest BCUT2D eigenvalue weighted by molar-refractivity contribution is 7.17. The van der Waals surface area contributed by atoms with Crippen molar-refractivity contribution in [1.82, 2.24) is 15.3 Å². The zero-order chi connectivity index (χ0) is 23.3. The van der Waals surface area contributed by atoms with Gasteiger partial charge >= 0.3 is 0 Å². The standard InChI is InChI=1S/C25H27N5O3S/c1-25(2)15-17-22(23(31)28-25)34-24(26-17)30-12-13-32-19-9-8-16(14-18(19)30)33-21-7-5-6-20(27-21)29-10-3-4-11-29/h5-9,14H,3-4,10-13,15H2,1-2H3,(H,28,31). The molecule has 5 heterocycles. The number of hydrogen-bond acceptors (Lipinski definition) is 8. The van der Waals surface area contributed by atoms with Crippen molar-refractivity contribution in [3.63, 3.8) is 0 Å². The van der Waals surface area contributed by atoms with Crippen LogP contribution in [-0.2, 0) is 6.42 Å². The second-order valence-corrected chi connectivity index (χ2v) is 10.5. The van der Waals surface area contributed by atoms with E-state index in [0.29, 0.717) is 36.1 Å². The van der Waals surface area contributed by atoms with Gasteiger partial charge in [0.15, 0.2) is 5.13 Å². The smallest absolute Gasteiger partial charge is 0.263 e. The molecule has 1 fully saturated rings. The Morgan fingerprint density at radius 2 is 1.97 bits per heavy atom. The van der Waals surface area contributed by atoms with Crippen LogP contribution in [0, 0.1) is 0 Å². The van der Waals surface area contributed by atoms with Crippen molar-refractivity contribution in [1.29, 1.82) is 0 Å². The molecule has 3 aliphatic heterocycles. The molecule has 176 valence electrons. The molecule has 9 heteroatoms. The molecular weight excluding hydrogens is 450 g/mol. The van der Waals surface area contributed by atoms with E-state index in [0.717, 1.165) is 41.2 Å². The van der Waals surface area contributed by atoms with Crippen LogP contribution in [0.4, 0.5) is 16.6 Å². The van der Waals surface area contributed by atoms with Crippen LogP contribution in [-0.4, -0.2) is 47.7 Å². The maximum absolute atomic E-state index is 12.6. The van der Waals surface area contributed by atoms with Crippen molar-refractivity contribution >= 4 is 33.9 Å². The van der Waals surface area contributed by atoms with Gasteiger partial charge in [0.25, 0.3) is 5.91 Å². The largest absolute Gasteiger partial charge is 0.490 e. The Balaban J connectivity index is 1.29. The summed E-state index contributed by atoms with van der Waals surface area (Å²) < 4.78 is 12.1. The molecule has 1 saturated heterocycles. The van der Waals surface area contributed by atoms with Gasteiger partial charge in [0.1, 0.15) is 28.8 Å². The number of pyridine rings is 1. The van der Waals surface area contributed by atoms with E-state index < -0.39 is 0 Å². The zero-order valence-corrected chi connectivity index (χ0v) is 20.2. The summed E-state index contributed by atoms with van der Waals surface area (Å²) in [7, 11) is 0. The van der Waals surface area contributed by atoms with Crippen LogP contribution in [0.2, 0.25) is 0 Å². The highest BCUT2D eigenvalue weighted by Crippen LogP contribution is 2.42. The molecule has 0 atom stereocenters. The summed E-state index contributed by atoms with van der Waals surface area (Å²) in [5.41, 5.74) is 1.44. The van der Waals surface area contributed by atoms with Crippen LogP contribution < -0.4 is 24.6 Å². The second kappa shape index (κ2) is 8.16. The lowest BCUT2D eigenvalue weighted by Crippen LogP contribution is -2.48. The summed E-state index contributed by atoms with van der Waals surface area (Å²) in [4.78, 5) is 27.3. The molecule has 0 radical (unpaired) electrons. The van der Waals surface area contributed by atoms with Crippen LogP contribution in [0.3, 0.4) is 0 Å². The van der Waals surface area contributed by atoms with Gasteiger partial charge in [0.05, 0.1) is 17.9 Å². The molecule has 2 aromatic heterocycles. The minimum absolute atomic E-state index is 0.0514. The van der Waals surface area contributed by atoms with Crippen molar-refractivity contribution in [2.24, 2.45) is 0 Å². The quantitative estimate of drug-likeness (QED) is 0.592. The molecule has 0 saturated carbocycles. The number of carbonyl (C=O) groups excluding carboxylic acids is 1. The lowest BCUT2D eigenvalue weighted by Gasteiger charge is -2.29. The number of ether oxygens (including phenoxy) is 2. The third kappa shape index (κ3) is 3.94. The van der Waals surface area contributed by atoms with E-state index in [9.17, 15) is 4.79 Å². The first-order valence-corrected chi connectivity index (χ1v) is 12.5. The fraction of sp³-hybridized carbons (Fsp3) is 0.400. The maximum atomic E-state index is 12.6. The summed E-state index contributed by atoms with van der Waals surface area (Å²) in [6.45, 7) is 7.31. The Hall–Kier alpha value is -3.33. The summed E-state index contributed by atoms with van der Waals surface area (Å²) in [6.07, 6.45) is 3.11. The number of nitrogens with one attached hydrogen (secondary N) is 1. The topological polar surface area (TPSA) is 79.8 Å². The van der Waals surface area contributed by atoms with Crippen molar-refractivity contribution in [3.8, 4) is 17.4 Å².